The number of anilines is 1. The van der Waals surface area contributed by atoms with E-state index >= 15 is 0 Å². The molecular weight excluding hydrogens is 409 g/mol. The van der Waals surface area contributed by atoms with Gasteiger partial charge in [0.1, 0.15) is 5.56 Å². The van der Waals surface area contributed by atoms with E-state index in [1.807, 2.05) is 0 Å². The first-order valence-electron chi connectivity index (χ1n) is 8.35. The molecule has 0 aliphatic heterocycles. The highest BCUT2D eigenvalue weighted by molar-refractivity contribution is 7.08. The van der Waals surface area contributed by atoms with Gasteiger partial charge in [-0.2, -0.15) is 24.5 Å². The first kappa shape index (κ1) is 20.6. The van der Waals surface area contributed by atoms with Gasteiger partial charge in [0.2, 0.25) is 5.88 Å². The summed E-state index contributed by atoms with van der Waals surface area (Å²) in [5.41, 5.74) is -1.73. The van der Waals surface area contributed by atoms with Crippen LogP contribution >= 0.6 is 11.3 Å². The Hall–Kier alpha value is -3.14. The van der Waals surface area contributed by atoms with Crippen LogP contribution in [0.3, 0.4) is 0 Å². The largest absolute Gasteiger partial charge is 0.480 e. The van der Waals surface area contributed by atoms with E-state index in [2.05, 4.69) is 10.3 Å². The van der Waals surface area contributed by atoms with Crippen molar-refractivity contribution in [3.63, 3.8) is 0 Å². The molecule has 1 N–H and O–H groups in total. The molecule has 1 amide bonds. The molecule has 1 aromatic carbocycles. The maximum atomic E-state index is 13.6. The molecule has 0 spiro atoms. The van der Waals surface area contributed by atoms with Gasteiger partial charge in [0, 0.05) is 10.8 Å². The minimum absolute atomic E-state index is 0.0502. The SMILES string of the molecule is CCOC(=O)c1cc2ccc(C(F)(F)F)c(C(=O)Nc3ccsc3)c2nc1OC. The second kappa shape index (κ2) is 8.08. The van der Waals surface area contributed by atoms with E-state index in [4.69, 9.17) is 9.47 Å². The molecule has 152 valence electrons. The van der Waals surface area contributed by atoms with Crippen LogP contribution in [0.15, 0.2) is 35.0 Å². The number of esters is 1. The topological polar surface area (TPSA) is 77.5 Å². The fourth-order valence-corrected chi connectivity index (χ4v) is 3.32. The van der Waals surface area contributed by atoms with Crippen LogP contribution in [0.5, 0.6) is 5.88 Å². The Morgan fingerprint density at radius 1 is 1.24 bits per heavy atom. The van der Waals surface area contributed by atoms with Gasteiger partial charge in [-0.25, -0.2) is 9.78 Å². The number of pyridine rings is 1. The number of carbonyl (C=O) groups is 2. The number of carbonyl (C=O) groups excluding carboxylic acids is 2. The first-order valence-corrected chi connectivity index (χ1v) is 9.30. The van der Waals surface area contributed by atoms with Crippen LogP contribution in [0.2, 0.25) is 0 Å². The normalized spacial score (nSPS) is 11.3. The number of hydrogen-bond donors (Lipinski definition) is 1. The number of ether oxygens (including phenoxy) is 2. The zero-order valence-corrected chi connectivity index (χ0v) is 16.1. The number of rotatable bonds is 5. The van der Waals surface area contributed by atoms with Crippen molar-refractivity contribution in [3.05, 3.63) is 51.7 Å². The molecule has 3 aromatic rings. The number of nitrogens with zero attached hydrogens (tertiary/aromatic N) is 1. The molecule has 0 saturated carbocycles. The highest BCUT2D eigenvalue weighted by atomic mass is 32.1. The third-order valence-electron chi connectivity index (χ3n) is 3.95. The van der Waals surface area contributed by atoms with Crippen LogP contribution in [0.4, 0.5) is 18.9 Å². The van der Waals surface area contributed by atoms with Crippen molar-refractivity contribution in [3.8, 4) is 5.88 Å². The third kappa shape index (κ3) is 4.16. The molecule has 0 aliphatic carbocycles. The summed E-state index contributed by atoms with van der Waals surface area (Å²) in [6, 6.07) is 4.79. The second-order valence-electron chi connectivity index (χ2n) is 5.79. The summed E-state index contributed by atoms with van der Waals surface area (Å²) >= 11 is 1.28. The number of hydrogen-bond acceptors (Lipinski definition) is 6. The molecule has 0 radical (unpaired) electrons. The Morgan fingerprint density at radius 3 is 2.59 bits per heavy atom. The van der Waals surface area contributed by atoms with Gasteiger partial charge in [0.25, 0.3) is 5.91 Å². The third-order valence-corrected chi connectivity index (χ3v) is 4.64. The number of thiophene rings is 1. The second-order valence-corrected chi connectivity index (χ2v) is 6.57. The average Bonchev–Trinajstić information content (AvgIpc) is 3.18. The molecule has 2 aromatic heterocycles. The predicted molar refractivity (Wildman–Crippen MR) is 102 cm³/mol. The monoisotopic (exact) mass is 424 g/mol. The molecule has 0 atom stereocenters. The smallest absolute Gasteiger partial charge is 0.417 e. The molecule has 0 aliphatic rings. The number of methoxy groups -OCH3 is 1. The Bertz CT molecular complexity index is 1070. The number of aromatic nitrogens is 1. The molecule has 10 heteroatoms. The van der Waals surface area contributed by atoms with Crippen molar-refractivity contribution >= 4 is 39.8 Å². The lowest BCUT2D eigenvalue weighted by molar-refractivity contribution is -0.137. The molecule has 0 saturated heterocycles. The van der Waals surface area contributed by atoms with Crippen LogP contribution in [0, 0.1) is 0 Å². The van der Waals surface area contributed by atoms with Crippen LogP contribution < -0.4 is 10.1 Å². The molecule has 2 heterocycles. The number of benzene rings is 1. The first-order chi connectivity index (χ1) is 13.8. The van der Waals surface area contributed by atoms with E-state index in [-0.39, 0.29) is 29.0 Å². The molecular formula is C19H15F3N2O4S. The molecule has 0 bridgehead atoms. The standard InChI is InChI=1S/C19H15F3N2O4S/c1-3-28-18(26)12-8-10-4-5-13(19(20,21)22)14(15(10)24-17(12)27-2)16(25)23-11-6-7-29-9-11/h4-9H,3H2,1-2H3,(H,23,25). The molecule has 3 rings (SSSR count). The molecule has 29 heavy (non-hydrogen) atoms. The summed E-state index contributed by atoms with van der Waals surface area (Å²) in [4.78, 5) is 28.9. The minimum atomic E-state index is -4.79. The summed E-state index contributed by atoms with van der Waals surface area (Å²) < 4.78 is 50.8. The highest BCUT2D eigenvalue weighted by Gasteiger charge is 2.37. The lowest BCUT2D eigenvalue weighted by Gasteiger charge is -2.16. The lowest BCUT2D eigenvalue weighted by Crippen LogP contribution is -2.20. The summed E-state index contributed by atoms with van der Waals surface area (Å²) in [6.45, 7) is 1.71. The van der Waals surface area contributed by atoms with E-state index in [0.717, 1.165) is 12.1 Å². The van der Waals surface area contributed by atoms with E-state index in [1.54, 1.807) is 23.8 Å². The fourth-order valence-electron chi connectivity index (χ4n) is 2.73. The van der Waals surface area contributed by atoms with Crippen molar-refractivity contribution in [2.75, 3.05) is 19.0 Å². The van der Waals surface area contributed by atoms with Crippen LogP contribution in [0.25, 0.3) is 10.9 Å². The number of halogens is 3. The summed E-state index contributed by atoms with van der Waals surface area (Å²) in [5.74, 6) is -1.94. The summed E-state index contributed by atoms with van der Waals surface area (Å²) in [6.07, 6.45) is -4.79. The summed E-state index contributed by atoms with van der Waals surface area (Å²) in [5, 5.41) is 5.86. The van der Waals surface area contributed by atoms with Gasteiger partial charge >= 0.3 is 12.1 Å². The number of nitrogens with one attached hydrogen (secondary N) is 1. The Morgan fingerprint density at radius 2 is 2.00 bits per heavy atom. The summed E-state index contributed by atoms with van der Waals surface area (Å²) in [7, 11) is 1.22. The zero-order valence-electron chi connectivity index (χ0n) is 15.3. The Labute approximate surface area is 167 Å². The van der Waals surface area contributed by atoms with Crippen molar-refractivity contribution in [1.82, 2.24) is 4.98 Å². The van der Waals surface area contributed by atoms with Gasteiger partial charge in [-0.3, -0.25) is 4.79 Å². The lowest BCUT2D eigenvalue weighted by atomic mass is 10.0. The highest BCUT2D eigenvalue weighted by Crippen LogP contribution is 2.37. The van der Waals surface area contributed by atoms with Gasteiger partial charge in [-0.1, -0.05) is 6.07 Å². The van der Waals surface area contributed by atoms with Gasteiger partial charge in [-0.05, 0) is 30.5 Å². The average molecular weight is 424 g/mol. The Balaban J connectivity index is 2.24. The number of fused-ring (bicyclic) bond motifs is 1. The van der Waals surface area contributed by atoms with Gasteiger partial charge in [0.05, 0.1) is 36.0 Å². The quantitative estimate of drug-likeness (QED) is 0.598. The van der Waals surface area contributed by atoms with Crippen molar-refractivity contribution in [2.45, 2.75) is 13.1 Å². The van der Waals surface area contributed by atoms with Crippen molar-refractivity contribution < 1.29 is 32.2 Å². The predicted octanol–water partition coefficient (Wildman–Crippen LogP) is 4.75. The number of amides is 1. The van der Waals surface area contributed by atoms with E-state index < -0.39 is 29.2 Å². The molecule has 0 unspecified atom stereocenters. The zero-order chi connectivity index (χ0) is 21.2. The Kier molecular flexibility index (Phi) is 5.73. The van der Waals surface area contributed by atoms with Crippen molar-refractivity contribution in [1.29, 1.82) is 0 Å². The van der Waals surface area contributed by atoms with Crippen molar-refractivity contribution in [2.24, 2.45) is 0 Å². The van der Waals surface area contributed by atoms with Gasteiger partial charge in [-0.15, -0.1) is 0 Å². The van der Waals surface area contributed by atoms with Gasteiger partial charge in [0.15, 0.2) is 0 Å². The number of alkyl halides is 3. The maximum absolute atomic E-state index is 13.6. The molecule has 0 fully saturated rings. The molecule has 6 nitrogen and oxygen atoms in total. The van der Waals surface area contributed by atoms with E-state index in [9.17, 15) is 22.8 Å². The van der Waals surface area contributed by atoms with Crippen LogP contribution in [-0.2, 0) is 10.9 Å². The van der Waals surface area contributed by atoms with Crippen LogP contribution in [0.1, 0.15) is 33.2 Å². The fraction of sp³-hybridized carbons (Fsp3) is 0.211. The van der Waals surface area contributed by atoms with Crippen LogP contribution in [-0.4, -0.2) is 30.6 Å². The maximum Gasteiger partial charge on any atom is 0.417 e. The van der Waals surface area contributed by atoms with Gasteiger partial charge < -0.3 is 14.8 Å². The minimum Gasteiger partial charge on any atom is -0.480 e. The van der Waals surface area contributed by atoms with E-state index in [1.165, 1.54) is 24.5 Å². The van der Waals surface area contributed by atoms with E-state index in [0.29, 0.717) is 5.69 Å².